The molecule has 0 saturated carbocycles. The number of carbonyl (C=O) groups excluding carboxylic acids is 1. The average molecular weight is 255 g/mol. The van der Waals surface area contributed by atoms with Gasteiger partial charge in [0.05, 0.1) is 17.3 Å². The smallest absolute Gasteiger partial charge is 0.225 e. The maximum atomic E-state index is 11.9. The highest BCUT2D eigenvalue weighted by atomic mass is 32.2. The third kappa shape index (κ3) is 2.26. The zero-order chi connectivity index (χ0) is 12.5. The van der Waals surface area contributed by atoms with E-state index in [0.29, 0.717) is 12.4 Å². The highest BCUT2D eigenvalue weighted by Gasteiger charge is 2.27. The Morgan fingerprint density at radius 2 is 2.18 bits per heavy atom. The molecule has 0 aromatic heterocycles. The van der Waals surface area contributed by atoms with Crippen molar-refractivity contribution in [2.45, 2.75) is 18.2 Å². The number of nitrogens with one attached hydrogen (secondary N) is 1. The number of carbonyl (C=O) groups is 1. The number of anilines is 1. The summed E-state index contributed by atoms with van der Waals surface area (Å²) in [5.74, 6) is -0.0789. The zero-order valence-electron chi connectivity index (χ0n) is 9.39. The van der Waals surface area contributed by atoms with Crippen LogP contribution in [0.2, 0.25) is 0 Å². The Morgan fingerprint density at radius 1 is 1.41 bits per heavy atom. The first-order valence-corrected chi connectivity index (χ1v) is 6.98. The van der Waals surface area contributed by atoms with E-state index in [1.807, 2.05) is 0 Å². The van der Waals surface area contributed by atoms with Gasteiger partial charge < -0.3 is 10.1 Å². The SMILES string of the molecule is CCOc1cccc2c1NC(=O)CCS2(=O)=O. The van der Waals surface area contributed by atoms with Gasteiger partial charge in [0.25, 0.3) is 0 Å². The van der Waals surface area contributed by atoms with E-state index in [1.54, 1.807) is 19.1 Å². The fraction of sp³-hybridized carbons (Fsp3) is 0.364. The summed E-state index contributed by atoms with van der Waals surface area (Å²) >= 11 is 0. The van der Waals surface area contributed by atoms with Crippen LogP contribution in [0.5, 0.6) is 5.75 Å². The van der Waals surface area contributed by atoms with Gasteiger partial charge in [0.2, 0.25) is 5.91 Å². The summed E-state index contributed by atoms with van der Waals surface area (Å²) < 4.78 is 29.2. The molecule has 5 nitrogen and oxygen atoms in total. The number of para-hydroxylation sites is 1. The van der Waals surface area contributed by atoms with Gasteiger partial charge in [-0.25, -0.2) is 8.42 Å². The van der Waals surface area contributed by atoms with Gasteiger partial charge in [-0.15, -0.1) is 0 Å². The number of hydrogen-bond donors (Lipinski definition) is 1. The molecular weight excluding hydrogens is 242 g/mol. The molecule has 0 saturated heterocycles. The van der Waals surface area contributed by atoms with Gasteiger partial charge in [-0.05, 0) is 19.1 Å². The molecule has 1 aliphatic heterocycles. The molecule has 17 heavy (non-hydrogen) atoms. The summed E-state index contributed by atoms with van der Waals surface area (Å²) in [7, 11) is -3.42. The van der Waals surface area contributed by atoms with Gasteiger partial charge >= 0.3 is 0 Å². The van der Waals surface area contributed by atoms with Crippen molar-refractivity contribution in [1.82, 2.24) is 0 Å². The molecule has 1 aromatic rings. The van der Waals surface area contributed by atoms with Crippen molar-refractivity contribution >= 4 is 21.4 Å². The molecular formula is C11H13NO4S. The Balaban J connectivity index is 2.62. The Hall–Kier alpha value is -1.56. The van der Waals surface area contributed by atoms with Crippen LogP contribution in [-0.2, 0) is 14.6 Å². The van der Waals surface area contributed by atoms with E-state index in [4.69, 9.17) is 4.74 Å². The normalized spacial score (nSPS) is 17.8. The number of ether oxygens (including phenoxy) is 1. The third-order valence-corrected chi connectivity index (χ3v) is 4.24. The Kier molecular flexibility index (Phi) is 3.06. The van der Waals surface area contributed by atoms with Crippen LogP contribution < -0.4 is 10.1 Å². The van der Waals surface area contributed by atoms with E-state index in [-0.39, 0.29) is 28.7 Å². The average Bonchev–Trinajstić information content (AvgIpc) is 2.39. The molecule has 2 rings (SSSR count). The van der Waals surface area contributed by atoms with E-state index in [1.165, 1.54) is 6.07 Å². The molecule has 1 N–H and O–H groups in total. The summed E-state index contributed by atoms with van der Waals surface area (Å²) in [6.45, 7) is 2.21. The van der Waals surface area contributed by atoms with E-state index in [0.717, 1.165) is 0 Å². The number of rotatable bonds is 2. The number of benzene rings is 1. The second-order valence-corrected chi connectivity index (χ2v) is 5.76. The predicted octanol–water partition coefficient (Wildman–Crippen LogP) is 1.20. The van der Waals surface area contributed by atoms with Crippen LogP contribution in [0.25, 0.3) is 0 Å². The molecule has 0 aliphatic carbocycles. The number of amides is 1. The first-order valence-electron chi connectivity index (χ1n) is 5.33. The molecule has 92 valence electrons. The molecule has 0 fully saturated rings. The van der Waals surface area contributed by atoms with Crippen LogP contribution in [0.15, 0.2) is 23.1 Å². The summed E-state index contributed by atoms with van der Waals surface area (Å²) in [6.07, 6.45) is -0.0252. The molecule has 0 unspecified atom stereocenters. The van der Waals surface area contributed by atoms with Crippen LogP contribution in [0.3, 0.4) is 0 Å². The Morgan fingerprint density at radius 3 is 2.88 bits per heavy atom. The van der Waals surface area contributed by atoms with E-state index in [9.17, 15) is 13.2 Å². The minimum absolute atomic E-state index is 0.0252. The molecule has 1 aromatic carbocycles. The van der Waals surface area contributed by atoms with Crippen molar-refractivity contribution in [2.75, 3.05) is 17.7 Å². The first-order chi connectivity index (χ1) is 8.04. The zero-order valence-corrected chi connectivity index (χ0v) is 10.2. The van der Waals surface area contributed by atoms with Crippen LogP contribution in [-0.4, -0.2) is 26.7 Å². The molecule has 0 spiro atoms. The number of sulfone groups is 1. The highest BCUT2D eigenvalue weighted by Crippen LogP contribution is 2.34. The molecule has 0 radical (unpaired) electrons. The van der Waals surface area contributed by atoms with Crippen LogP contribution in [0.1, 0.15) is 13.3 Å². The highest BCUT2D eigenvalue weighted by molar-refractivity contribution is 7.91. The van der Waals surface area contributed by atoms with Crippen molar-refractivity contribution in [3.8, 4) is 5.75 Å². The summed E-state index contributed by atoms with van der Waals surface area (Å²) in [6, 6.07) is 4.74. The quantitative estimate of drug-likeness (QED) is 0.862. The van der Waals surface area contributed by atoms with Gasteiger partial charge in [0.15, 0.2) is 9.84 Å². The molecule has 6 heteroatoms. The third-order valence-electron chi connectivity index (χ3n) is 2.49. The van der Waals surface area contributed by atoms with Crippen LogP contribution in [0.4, 0.5) is 5.69 Å². The van der Waals surface area contributed by atoms with Gasteiger partial charge in [0, 0.05) is 6.42 Å². The van der Waals surface area contributed by atoms with Crippen molar-refractivity contribution in [3.05, 3.63) is 18.2 Å². The molecule has 0 bridgehead atoms. The number of hydrogen-bond acceptors (Lipinski definition) is 4. The van der Waals surface area contributed by atoms with E-state index in [2.05, 4.69) is 5.32 Å². The van der Waals surface area contributed by atoms with Gasteiger partial charge in [-0.3, -0.25) is 4.79 Å². The second-order valence-electron chi connectivity index (χ2n) is 3.68. The molecule has 1 amide bonds. The topological polar surface area (TPSA) is 72.5 Å². The Bertz CT molecular complexity index is 551. The van der Waals surface area contributed by atoms with E-state index < -0.39 is 9.84 Å². The minimum Gasteiger partial charge on any atom is -0.492 e. The number of fused-ring (bicyclic) bond motifs is 1. The van der Waals surface area contributed by atoms with Gasteiger partial charge in [0.1, 0.15) is 11.4 Å². The summed E-state index contributed by atoms with van der Waals surface area (Å²) in [5, 5.41) is 2.59. The summed E-state index contributed by atoms with van der Waals surface area (Å²) in [4.78, 5) is 11.6. The molecule has 1 aliphatic rings. The molecule has 1 heterocycles. The predicted molar refractivity (Wildman–Crippen MR) is 62.9 cm³/mol. The van der Waals surface area contributed by atoms with E-state index >= 15 is 0 Å². The monoisotopic (exact) mass is 255 g/mol. The largest absolute Gasteiger partial charge is 0.492 e. The maximum Gasteiger partial charge on any atom is 0.225 e. The second kappa shape index (κ2) is 4.37. The lowest BCUT2D eigenvalue weighted by Gasteiger charge is -2.12. The standard InChI is InChI=1S/C11H13NO4S/c1-2-16-8-4-3-5-9-11(8)12-10(13)6-7-17(9,14)15/h3-5H,2,6-7H2,1H3,(H,12,13). The lowest BCUT2D eigenvalue weighted by atomic mass is 10.3. The lowest BCUT2D eigenvalue weighted by Crippen LogP contribution is -2.11. The van der Waals surface area contributed by atoms with Crippen molar-refractivity contribution < 1.29 is 17.9 Å². The van der Waals surface area contributed by atoms with Gasteiger partial charge in [-0.2, -0.15) is 0 Å². The van der Waals surface area contributed by atoms with Crippen molar-refractivity contribution in [2.24, 2.45) is 0 Å². The fourth-order valence-corrected chi connectivity index (χ4v) is 3.13. The minimum atomic E-state index is -3.42. The van der Waals surface area contributed by atoms with Gasteiger partial charge in [-0.1, -0.05) is 6.07 Å². The van der Waals surface area contributed by atoms with Crippen molar-refractivity contribution in [1.29, 1.82) is 0 Å². The maximum absolute atomic E-state index is 11.9. The molecule has 0 atom stereocenters. The lowest BCUT2D eigenvalue weighted by molar-refractivity contribution is -0.115. The first kappa shape index (κ1) is 11.9. The summed E-state index contributed by atoms with van der Waals surface area (Å²) in [5.41, 5.74) is 0.261. The Labute approximate surface area is 99.7 Å². The van der Waals surface area contributed by atoms with Crippen molar-refractivity contribution in [3.63, 3.8) is 0 Å². The fourth-order valence-electron chi connectivity index (χ4n) is 1.71. The van der Waals surface area contributed by atoms with Crippen LogP contribution >= 0.6 is 0 Å². The van der Waals surface area contributed by atoms with Crippen LogP contribution in [0, 0.1) is 0 Å².